The first-order valence-electron chi connectivity index (χ1n) is 14.8. The Bertz CT molecular complexity index is 2070. The summed E-state index contributed by atoms with van der Waals surface area (Å²) in [6.45, 7) is 15.2. The van der Waals surface area contributed by atoms with Gasteiger partial charge in [0.25, 0.3) is 0 Å². The molecule has 4 heteroatoms. The minimum absolute atomic E-state index is 0. The summed E-state index contributed by atoms with van der Waals surface area (Å²) < 4.78 is 2.65. The molecule has 0 saturated carbocycles. The van der Waals surface area contributed by atoms with Gasteiger partial charge in [0.1, 0.15) is 0 Å². The molecule has 0 fully saturated rings. The van der Waals surface area contributed by atoms with Crippen molar-refractivity contribution in [1.82, 2.24) is 9.97 Å². The van der Waals surface area contributed by atoms with E-state index in [-0.39, 0.29) is 25.5 Å². The van der Waals surface area contributed by atoms with Gasteiger partial charge in [-0.2, -0.15) is 0 Å². The number of pyridine rings is 2. The Hall–Kier alpha value is -3.69. The second-order valence-corrected chi connectivity index (χ2v) is 13.5. The van der Waals surface area contributed by atoms with Crippen molar-refractivity contribution in [2.45, 2.75) is 53.9 Å². The summed E-state index contributed by atoms with van der Waals surface area (Å²) >= 11 is 1.87. The fourth-order valence-corrected chi connectivity index (χ4v) is 7.08. The molecule has 0 atom stereocenters. The fourth-order valence-electron chi connectivity index (χ4n) is 5.75. The van der Waals surface area contributed by atoms with Crippen molar-refractivity contribution in [3.8, 4) is 22.5 Å². The molecule has 44 heavy (non-hydrogen) atoms. The van der Waals surface area contributed by atoms with Crippen LogP contribution in [0.2, 0.25) is 0 Å². The van der Waals surface area contributed by atoms with Crippen LogP contribution in [0.1, 0.15) is 48.6 Å². The van der Waals surface area contributed by atoms with E-state index in [4.69, 9.17) is 4.98 Å². The normalized spacial score (nSPS) is 11.3. The van der Waals surface area contributed by atoms with Crippen molar-refractivity contribution in [3.63, 3.8) is 0 Å². The molecule has 0 unspecified atom stereocenters. The Kier molecular flexibility index (Phi) is 9.18. The van der Waals surface area contributed by atoms with Crippen molar-refractivity contribution >= 4 is 42.4 Å². The Morgan fingerprint density at radius 3 is 2.18 bits per heavy atom. The first-order valence-corrected chi connectivity index (χ1v) is 15.6. The summed E-state index contributed by atoms with van der Waals surface area (Å²) in [4.78, 5) is 9.48. The number of hydrogen-bond acceptors (Lipinski definition) is 3. The number of fused-ring (bicyclic) bond motifs is 5. The van der Waals surface area contributed by atoms with E-state index in [0.717, 1.165) is 33.6 Å². The predicted molar refractivity (Wildman–Crippen MR) is 185 cm³/mol. The number of hydrogen-bond donors (Lipinski definition) is 0. The van der Waals surface area contributed by atoms with Crippen LogP contribution in [-0.4, -0.2) is 9.97 Å². The van der Waals surface area contributed by atoms with Gasteiger partial charge in [-0.25, -0.2) is 0 Å². The molecule has 2 nitrogen and oxygen atoms in total. The number of thiophene rings is 1. The Morgan fingerprint density at radius 2 is 1.50 bits per heavy atom. The summed E-state index contributed by atoms with van der Waals surface area (Å²) in [5, 5.41) is 3.83. The molecule has 0 spiro atoms. The third kappa shape index (κ3) is 6.40. The van der Waals surface area contributed by atoms with Gasteiger partial charge in [0, 0.05) is 41.1 Å². The molecule has 0 N–H and O–H groups in total. The number of nitrogens with zero attached hydrogens (tertiary/aromatic N) is 2. The van der Waals surface area contributed by atoms with Crippen molar-refractivity contribution in [3.05, 3.63) is 131 Å². The maximum absolute atomic E-state index is 5.18. The van der Waals surface area contributed by atoms with Crippen molar-refractivity contribution in [1.29, 1.82) is 0 Å². The van der Waals surface area contributed by atoms with Crippen molar-refractivity contribution in [2.24, 2.45) is 0 Å². The van der Waals surface area contributed by atoms with Crippen LogP contribution >= 0.6 is 11.3 Å². The molecule has 223 valence electrons. The van der Waals surface area contributed by atoms with Crippen LogP contribution in [0.25, 0.3) is 53.6 Å². The van der Waals surface area contributed by atoms with E-state index in [1.807, 2.05) is 29.5 Å². The van der Waals surface area contributed by atoms with Crippen LogP contribution < -0.4 is 0 Å². The van der Waals surface area contributed by atoms with Gasteiger partial charge in [-0.05, 0) is 70.7 Å². The average molecular weight is 769 g/mol. The second kappa shape index (κ2) is 12.7. The van der Waals surface area contributed by atoms with Gasteiger partial charge < -0.3 is 4.98 Å². The van der Waals surface area contributed by atoms with Gasteiger partial charge in [-0.15, -0.1) is 81.6 Å². The van der Waals surface area contributed by atoms with Gasteiger partial charge >= 0.3 is 0 Å². The van der Waals surface area contributed by atoms with Gasteiger partial charge in [0.2, 0.25) is 0 Å². The largest absolute Gasteiger partial charge is 0.305 e. The smallest absolute Gasteiger partial charge is 0.0615 e. The van der Waals surface area contributed by atoms with Crippen LogP contribution in [0.15, 0.2) is 91.1 Å². The zero-order valence-electron chi connectivity index (χ0n) is 26.3. The summed E-state index contributed by atoms with van der Waals surface area (Å²) in [5.74, 6) is 0. The van der Waals surface area contributed by atoms with E-state index < -0.39 is 0 Å². The molecule has 7 rings (SSSR count). The quantitative estimate of drug-likeness (QED) is 0.164. The Labute approximate surface area is 278 Å². The maximum atomic E-state index is 5.18. The van der Waals surface area contributed by atoms with E-state index in [2.05, 4.69) is 132 Å². The molecule has 1 radical (unpaired) electrons. The number of aromatic nitrogens is 2. The van der Waals surface area contributed by atoms with Gasteiger partial charge in [0.15, 0.2) is 0 Å². The van der Waals surface area contributed by atoms with Crippen LogP contribution in [0.5, 0.6) is 0 Å². The summed E-state index contributed by atoms with van der Waals surface area (Å²) in [5.41, 5.74) is 11.7. The molecule has 3 aromatic heterocycles. The molecule has 0 bridgehead atoms. The van der Waals surface area contributed by atoms with Crippen LogP contribution in [0.4, 0.5) is 0 Å². The zero-order chi connectivity index (χ0) is 30.3. The molecule has 0 saturated heterocycles. The van der Waals surface area contributed by atoms with E-state index in [1.165, 1.54) is 47.8 Å². The third-order valence-corrected chi connectivity index (χ3v) is 8.96. The Morgan fingerprint density at radius 1 is 0.750 bits per heavy atom. The molecule has 0 aliphatic carbocycles. The average Bonchev–Trinajstić information content (AvgIpc) is 3.36. The first kappa shape index (κ1) is 31.7. The topological polar surface area (TPSA) is 25.8 Å². The molecular formula is C40H36IrN2S-2. The van der Waals surface area contributed by atoms with E-state index in [1.54, 1.807) is 6.20 Å². The Balaban J connectivity index is 0.000000194. The molecule has 0 amide bonds. The molecule has 0 aliphatic heterocycles. The van der Waals surface area contributed by atoms with E-state index in [0.29, 0.717) is 0 Å². The minimum atomic E-state index is 0. The standard InChI is InChI=1S/C25H20NS.C15H16N.Ir/c1-14-9-15(2)12-18(11-14)24-23-19-7-5-6-8-21(19)27-25(23)22-17(4)10-16(3)13-20(22)26-24;1-15(2,3)13-9-7-12(8-10-13)14-6-4-5-11-16-14;/h5-11,13H,1-4H3;4-7,9-11H,1-3H3;/q2*-1;. The minimum Gasteiger partial charge on any atom is -0.305 e. The number of benzene rings is 4. The van der Waals surface area contributed by atoms with Crippen LogP contribution in [0, 0.1) is 39.8 Å². The van der Waals surface area contributed by atoms with Crippen molar-refractivity contribution in [2.75, 3.05) is 0 Å². The van der Waals surface area contributed by atoms with Crippen LogP contribution in [0.3, 0.4) is 0 Å². The second-order valence-electron chi connectivity index (χ2n) is 12.4. The van der Waals surface area contributed by atoms with Gasteiger partial charge in [-0.3, -0.25) is 4.98 Å². The summed E-state index contributed by atoms with van der Waals surface area (Å²) in [6, 6.07) is 36.6. The third-order valence-electron chi connectivity index (χ3n) is 7.77. The molecule has 3 heterocycles. The molecule has 0 aliphatic rings. The predicted octanol–water partition coefficient (Wildman–Crippen LogP) is 11.1. The van der Waals surface area contributed by atoms with E-state index in [9.17, 15) is 0 Å². The SMILES string of the molecule is CC(C)(C)c1c[c-]c(-c2ccccn2)cc1.Cc1[c-]c(-c2nc3cc(C)cc(C)c3c3sc4ccccc4c23)cc(C)c1.[Ir]. The first-order chi connectivity index (χ1) is 20.6. The maximum Gasteiger partial charge on any atom is 0.0615 e. The summed E-state index contributed by atoms with van der Waals surface area (Å²) in [6.07, 6.45) is 1.81. The monoisotopic (exact) mass is 769 g/mol. The van der Waals surface area contributed by atoms with Crippen LogP contribution in [-0.2, 0) is 25.5 Å². The number of rotatable bonds is 2. The van der Waals surface area contributed by atoms with Gasteiger partial charge in [0.05, 0.1) is 5.52 Å². The summed E-state index contributed by atoms with van der Waals surface area (Å²) in [7, 11) is 0. The van der Waals surface area contributed by atoms with E-state index >= 15 is 0 Å². The van der Waals surface area contributed by atoms with Gasteiger partial charge in [-0.1, -0.05) is 71.0 Å². The number of aryl methyl sites for hydroxylation is 4. The fraction of sp³-hybridized carbons (Fsp3) is 0.200. The molecule has 7 aromatic rings. The zero-order valence-corrected chi connectivity index (χ0v) is 29.5. The molecular weight excluding hydrogens is 733 g/mol. The van der Waals surface area contributed by atoms with Crippen molar-refractivity contribution < 1.29 is 20.1 Å². The molecule has 4 aromatic carbocycles.